The lowest BCUT2D eigenvalue weighted by atomic mass is 10.1. The van der Waals surface area contributed by atoms with E-state index in [0.717, 1.165) is 12.1 Å². The number of anilines is 1. The van der Waals surface area contributed by atoms with E-state index in [0.29, 0.717) is 18.7 Å². The summed E-state index contributed by atoms with van der Waals surface area (Å²) in [5.74, 6) is 0. The first-order valence-electron chi connectivity index (χ1n) is 6.42. The van der Waals surface area contributed by atoms with E-state index >= 15 is 0 Å². The Kier molecular flexibility index (Phi) is 4.40. The smallest absolute Gasteiger partial charge is 0.394 e. The van der Waals surface area contributed by atoms with Gasteiger partial charge in [-0.05, 0) is 24.6 Å². The van der Waals surface area contributed by atoms with E-state index in [9.17, 15) is 18.3 Å². The second kappa shape index (κ2) is 5.92. The molecule has 0 aromatic heterocycles. The fourth-order valence-electron chi connectivity index (χ4n) is 2.56. The number of nitriles is 1. The maximum absolute atomic E-state index is 12.7. The lowest BCUT2D eigenvalue weighted by Gasteiger charge is -2.26. The van der Waals surface area contributed by atoms with E-state index < -0.39 is 11.7 Å². The highest BCUT2D eigenvalue weighted by Gasteiger charge is 2.35. The van der Waals surface area contributed by atoms with Crippen molar-refractivity contribution in [3.05, 3.63) is 29.3 Å². The molecule has 1 aliphatic heterocycles. The fourth-order valence-corrected chi connectivity index (χ4v) is 2.56. The molecule has 0 radical (unpaired) electrons. The van der Waals surface area contributed by atoms with Crippen LogP contribution in [0.5, 0.6) is 0 Å². The molecule has 0 aliphatic carbocycles. The molecule has 1 aliphatic rings. The molecule has 0 spiro atoms. The third-order valence-corrected chi connectivity index (χ3v) is 3.67. The van der Waals surface area contributed by atoms with Gasteiger partial charge < -0.3 is 14.7 Å². The van der Waals surface area contributed by atoms with E-state index in [-0.39, 0.29) is 24.3 Å². The Morgan fingerprint density at radius 1 is 1.48 bits per heavy atom. The third kappa shape index (κ3) is 3.12. The number of ether oxygens (including phenoxy) is 1. The number of aliphatic hydroxyl groups is 1. The van der Waals surface area contributed by atoms with Gasteiger partial charge in [0.1, 0.15) is 6.07 Å². The predicted octanol–water partition coefficient (Wildman–Crippen LogP) is 2.16. The topological polar surface area (TPSA) is 56.5 Å². The van der Waals surface area contributed by atoms with E-state index in [1.165, 1.54) is 6.07 Å². The minimum atomic E-state index is -4.49. The number of aliphatic hydroxyl groups excluding tert-OH is 1. The van der Waals surface area contributed by atoms with Gasteiger partial charge in [0.2, 0.25) is 0 Å². The van der Waals surface area contributed by atoms with Crippen molar-refractivity contribution < 1.29 is 23.0 Å². The van der Waals surface area contributed by atoms with E-state index in [4.69, 9.17) is 10.00 Å². The summed E-state index contributed by atoms with van der Waals surface area (Å²) in [6.07, 6.45) is -4.03. The molecule has 21 heavy (non-hydrogen) atoms. The van der Waals surface area contributed by atoms with Gasteiger partial charge in [-0.2, -0.15) is 18.4 Å². The molecule has 1 aromatic carbocycles. The SMILES string of the molecule is CO[C@H]1C[C@@H](CO)N(c2ccc(C(F)(F)F)cc2C#N)C1. The summed E-state index contributed by atoms with van der Waals surface area (Å²) in [4.78, 5) is 1.73. The Bertz CT molecular complexity index is 554. The van der Waals surface area contributed by atoms with E-state index in [2.05, 4.69) is 0 Å². The minimum Gasteiger partial charge on any atom is -0.394 e. The van der Waals surface area contributed by atoms with Crippen molar-refractivity contribution in [2.45, 2.75) is 24.7 Å². The van der Waals surface area contributed by atoms with Crippen LogP contribution in [-0.2, 0) is 10.9 Å². The van der Waals surface area contributed by atoms with E-state index in [1.54, 1.807) is 18.1 Å². The van der Waals surface area contributed by atoms with Crippen LogP contribution in [0.25, 0.3) is 0 Å². The lowest BCUT2D eigenvalue weighted by molar-refractivity contribution is -0.137. The maximum atomic E-state index is 12.7. The maximum Gasteiger partial charge on any atom is 0.416 e. The van der Waals surface area contributed by atoms with Crippen molar-refractivity contribution in [3.8, 4) is 6.07 Å². The summed E-state index contributed by atoms with van der Waals surface area (Å²) in [6.45, 7) is 0.285. The van der Waals surface area contributed by atoms with Crippen LogP contribution in [0, 0.1) is 11.3 Å². The first kappa shape index (κ1) is 15.6. The normalized spacial score (nSPS) is 22.4. The number of rotatable bonds is 3. The van der Waals surface area contributed by atoms with Crippen LogP contribution < -0.4 is 4.90 Å². The zero-order chi connectivity index (χ0) is 15.6. The Balaban J connectivity index is 2.38. The molecule has 1 aromatic rings. The van der Waals surface area contributed by atoms with Gasteiger partial charge in [0.25, 0.3) is 0 Å². The molecule has 0 bridgehead atoms. The lowest BCUT2D eigenvalue weighted by Crippen LogP contribution is -2.33. The first-order chi connectivity index (χ1) is 9.90. The second-order valence-electron chi connectivity index (χ2n) is 4.92. The Hall–Kier alpha value is -1.78. The molecule has 2 rings (SSSR count). The van der Waals surface area contributed by atoms with Gasteiger partial charge in [0.05, 0.1) is 35.6 Å². The summed E-state index contributed by atoms with van der Waals surface area (Å²) < 4.78 is 43.3. The van der Waals surface area contributed by atoms with Gasteiger partial charge in [-0.15, -0.1) is 0 Å². The van der Waals surface area contributed by atoms with Gasteiger partial charge in [0.15, 0.2) is 0 Å². The molecule has 1 fully saturated rings. The molecule has 2 atom stereocenters. The molecular formula is C14H15F3N2O2. The van der Waals surface area contributed by atoms with Crippen LogP contribution >= 0.6 is 0 Å². The molecule has 7 heteroatoms. The molecular weight excluding hydrogens is 285 g/mol. The molecule has 1 N–H and O–H groups in total. The van der Waals surface area contributed by atoms with Crippen LogP contribution in [0.3, 0.4) is 0 Å². The molecule has 1 heterocycles. The van der Waals surface area contributed by atoms with Crippen molar-refractivity contribution in [1.29, 1.82) is 5.26 Å². The molecule has 0 amide bonds. The number of halogens is 3. The Morgan fingerprint density at radius 3 is 2.71 bits per heavy atom. The zero-order valence-electron chi connectivity index (χ0n) is 11.4. The highest BCUT2D eigenvalue weighted by atomic mass is 19.4. The van der Waals surface area contributed by atoms with Gasteiger partial charge in [0, 0.05) is 13.7 Å². The average Bonchev–Trinajstić information content (AvgIpc) is 2.88. The van der Waals surface area contributed by atoms with Crippen LogP contribution in [0.2, 0.25) is 0 Å². The van der Waals surface area contributed by atoms with Crippen molar-refractivity contribution in [1.82, 2.24) is 0 Å². The second-order valence-corrected chi connectivity index (χ2v) is 4.92. The minimum absolute atomic E-state index is 0.0555. The van der Waals surface area contributed by atoms with Crippen LogP contribution in [0.4, 0.5) is 18.9 Å². The zero-order valence-corrected chi connectivity index (χ0v) is 11.4. The quantitative estimate of drug-likeness (QED) is 0.929. The number of alkyl halides is 3. The number of methoxy groups -OCH3 is 1. The van der Waals surface area contributed by atoms with Gasteiger partial charge in [-0.3, -0.25) is 0 Å². The highest BCUT2D eigenvalue weighted by Crippen LogP contribution is 2.35. The molecule has 1 saturated heterocycles. The standard InChI is InChI=1S/C14H15F3N2O2/c1-21-12-5-11(8-20)19(7-12)13-3-2-10(14(15,16)17)4-9(13)6-18/h2-4,11-12,20H,5,7-8H2,1H3/t11-,12-/m0/s1. The van der Waals surface area contributed by atoms with Gasteiger partial charge in [-0.25, -0.2) is 0 Å². The number of nitrogens with zero attached hydrogens (tertiary/aromatic N) is 2. The van der Waals surface area contributed by atoms with Crippen LogP contribution in [0.15, 0.2) is 18.2 Å². The molecule has 0 unspecified atom stereocenters. The molecule has 114 valence electrons. The Morgan fingerprint density at radius 2 is 2.19 bits per heavy atom. The summed E-state index contributed by atoms with van der Waals surface area (Å²) >= 11 is 0. The summed E-state index contributed by atoms with van der Waals surface area (Å²) in [7, 11) is 1.54. The van der Waals surface area contributed by atoms with Crippen LogP contribution in [0.1, 0.15) is 17.5 Å². The van der Waals surface area contributed by atoms with E-state index in [1.807, 2.05) is 0 Å². The van der Waals surface area contributed by atoms with Crippen molar-refractivity contribution in [3.63, 3.8) is 0 Å². The predicted molar refractivity (Wildman–Crippen MR) is 69.8 cm³/mol. The third-order valence-electron chi connectivity index (χ3n) is 3.67. The molecule has 4 nitrogen and oxygen atoms in total. The first-order valence-corrected chi connectivity index (χ1v) is 6.42. The largest absolute Gasteiger partial charge is 0.416 e. The Labute approximate surface area is 120 Å². The summed E-state index contributed by atoms with van der Waals surface area (Å²) in [5, 5.41) is 18.5. The number of benzene rings is 1. The average molecular weight is 300 g/mol. The van der Waals surface area contributed by atoms with Crippen molar-refractivity contribution in [2.75, 3.05) is 25.2 Å². The van der Waals surface area contributed by atoms with Crippen LogP contribution in [-0.4, -0.2) is 37.5 Å². The summed E-state index contributed by atoms with van der Waals surface area (Å²) in [6, 6.07) is 4.60. The number of hydrogen-bond donors (Lipinski definition) is 1. The van der Waals surface area contributed by atoms with Crippen molar-refractivity contribution >= 4 is 5.69 Å². The fraction of sp³-hybridized carbons (Fsp3) is 0.500. The van der Waals surface area contributed by atoms with Gasteiger partial charge >= 0.3 is 6.18 Å². The highest BCUT2D eigenvalue weighted by molar-refractivity contribution is 5.62. The molecule has 0 saturated carbocycles. The van der Waals surface area contributed by atoms with Gasteiger partial charge in [-0.1, -0.05) is 0 Å². The monoisotopic (exact) mass is 300 g/mol. The number of hydrogen-bond acceptors (Lipinski definition) is 4. The van der Waals surface area contributed by atoms with Crippen molar-refractivity contribution in [2.24, 2.45) is 0 Å². The summed E-state index contributed by atoms with van der Waals surface area (Å²) in [5.41, 5.74) is -0.519.